The van der Waals surface area contributed by atoms with Crippen molar-refractivity contribution in [2.24, 2.45) is 11.8 Å². The van der Waals surface area contributed by atoms with E-state index in [9.17, 15) is 0 Å². The molecule has 0 bridgehead atoms. The molecule has 0 aromatic carbocycles. The Balaban J connectivity index is 2.11. The van der Waals surface area contributed by atoms with Crippen LogP contribution in [0.5, 0.6) is 0 Å². The summed E-state index contributed by atoms with van der Waals surface area (Å²) in [4.78, 5) is 6.39. The van der Waals surface area contributed by atoms with Crippen molar-refractivity contribution in [2.75, 3.05) is 37.1 Å². The number of ether oxygens (including phenoxy) is 1. The molecular formula is C12H18Cl2N4O. The van der Waals surface area contributed by atoms with Gasteiger partial charge in [0.2, 0.25) is 0 Å². The Morgan fingerprint density at radius 2 is 2.11 bits per heavy atom. The van der Waals surface area contributed by atoms with Crippen LogP contribution in [0.25, 0.3) is 0 Å². The van der Waals surface area contributed by atoms with Gasteiger partial charge in [0, 0.05) is 26.8 Å². The first-order valence-corrected chi connectivity index (χ1v) is 6.99. The highest BCUT2D eigenvalue weighted by Gasteiger charge is 2.19. The molecule has 5 nitrogen and oxygen atoms in total. The first-order chi connectivity index (χ1) is 9.11. The van der Waals surface area contributed by atoms with Crippen LogP contribution in [0.4, 0.5) is 11.6 Å². The van der Waals surface area contributed by atoms with Crippen molar-refractivity contribution in [1.29, 1.82) is 0 Å². The lowest BCUT2D eigenvalue weighted by molar-refractivity contribution is 0.0685. The van der Waals surface area contributed by atoms with Gasteiger partial charge in [-0.2, -0.15) is 0 Å². The van der Waals surface area contributed by atoms with Crippen LogP contribution in [0, 0.1) is 5.92 Å². The topological polar surface area (TPSA) is 63.4 Å². The van der Waals surface area contributed by atoms with Gasteiger partial charge in [0.15, 0.2) is 5.82 Å². The molecule has 0 spiro atoms. The molecule has 2 rings (SSSR count). The molecule has 0 radical (unpaired) electrons. The average Bonchev–Trinajstić information content (AvgIpc) is 2.40. The highest BCUT2D eigenvalue weighted by atomic mass is 35.5. The van der Waals surface area contributed by atoms with E-state index >= 15 is 0 Å². The van der Waals surface area contributed by atoms with Gasteiger partial charge in [-0.1, -0.05) is 23.2 Å². The van der Waals surface area contributed by atoms with Crippen molar-refractivity contribution in [2.45, 2.75) is 12.8 Å². The van der Waals surface area contributed by atoms with Crippen LogP contribution < -0.4 is 16.2 Å². The van der Waals surface area contributed by atoms with E-state index in [2.05, 4.69) is 10.4 Å². The Morgan fingerprint density at radius 1 is 1.42 bits per heavy atom. The number of pyridine rings is 1. The molecular weight excluding hydrogens is 287 g/mol. The Kier molecular flexibility index (Phi) is 5.10. The van der Waals surface area contributed by atoms with Crippen LogP contribution >= 0.6 is 23.2 Å². The molecule has 1 aliphatic heterocycles. The molecule has 1 aliphatic rings. The van der Waals surface area contributed by atoms with Gasteiger partial charge >= 0.3 is 0 Å². The summed E-state index contributed by atoms with van der Waals surface area (Å²) in [5.74, 6) is 7.09. The second-order valence-corrected chi connectivity index (χ2v) is 5.52. The first kappa shape index (κ1) is 14.7. The highest BCUT2D eigenvalue weighted by molar-refractivity contribution is 6.37. The number of nitrogens with one attached hydrogen (secondary N) is 1. The number of rotatable bonds is 4. The van der Waals surface area contributed by atoms with Gasteiger partial charge in [-0.3, -0.25) is 0 Å². The molecule has 7 heteroatoms. The van der Waals surface area contributed by atoms with Gasteiger partial charge in [-0.15, -0.1) is 0 Å². The summed E-state index contributed by atoms with van der Waals surface area (Å²) in [5.41, 5.74) is 2.47. The summed E-state index contributed by atoms with van der Waals surface area (Å²) in [6.07, 6.45) is 2.13. The molecule has 0 amide bonds. The van der Waals surface area contributed by atoms with Gasteiger partial charge in [0.05, 0.1) is 10.0 Å². The maximum Gasteiger partial charge on any atom is 0.161 e. The van der Waals surface area contributed by atoms with Crippen LogP contribution in [-0.4, -0.2) is 31.8 Å². The molecule has 2 heterocycles. The van der Waals surface area contributed by atoms with Gasteiger partial charge in [0.25, 0.3) is 0 Å². The van der Waals surface area contributed by atoms with Crippen molar-refractivity contribution in [3.63, 3.8) is 0 Å². The number of hydrazine groups is 1. The van der Waals surface area contributed by atoms with Crippen LogP contribution in [0.1, 0.15) is 12.8 Å². The second kappa shape index (κ2) is 6.61. The maximum atomic E-state index is 6.19. The van der Waals surface area contributed by atoms with Gasteiger partial charge < -0.3 is 15.1 Å². The summed E-state index contributed by atoms with van der Waals surface area (Å²) < 4.78 is 5.36. The monoisotopic (exact) mass is 304 g/mol. The smallest absolute Gasteiger partial charge is 0.161 e. The number of aromatic nitrogens is 1. The molecule has 1 aromatic heterocycles. The fraction of sp³-hybridized carbons (Fsp3) is 0.583. The van der Waals surface area contributed by atoms with Crippen molar-refractivity contribution >= 4 is 34.8 Å². The molecule has 3 N–H and O–H groups in total. The van der Waals surface area contributed by atoms with E-state index < -0.39 is 0 Å². The summed E-state index contributed by atoms with van der Waals surface area (Å²) in [5, 5.41) is 0.939. The Hall–Kier alpha value is -0.750. The van der Waals surface area contributed by atoms with Crippen LogP contribution in [0.2, 0.25) is 10.0 Å². The van der Waals surface area contributed by atoms with E-state index in [0.29, 0.717) is 27.6 Å². The number of nitrogen functional groups attached to an aromatic ring is 1. The Bertz CT molecular complexity index is 438. The maximum absolute atomic E-state index is 6.19. The molecule has 19 heavy (non-hydrogen) atoms. The predicted molar refractivity (Wildman–Crippen MR) is 78.9 cm³/mol. The molecule has 1 fully saturated rings. The fourth-order valence-electron chi connectivity index (χ4n) is 2.23. The molecule has 106 valence electrons. The lowest BCUT2D eigenvalue weighted by Crippen LogP contribution is -2.30. The number of nitrogens with two attached hydrogens (primary N) is 1. The summed E-state index contributed by atoms with van der Waals surface area (Å²) in [6, 6.07) is 1.65. The van der Waals surface area contributed by atoms with Crippen LogP contribution in [-0.2, 0) is 4.74 Å². The normalized spacial score (nSPS) is 16.4. The van der Waals surface area contributed by atoms with E-state index in [4.69, 9.17) is 33.8 Å². The van der Waals surface area contributed by atoms with Crippen molar-refractivity contribution in [1.82, 2.24) is 4.98 Å². The molecule has 0 saturated carbocycles. The zero-order chi connectivity index (χ0) is 13.8. The van der Waals surface area contributed by atoms with E-state index in [0.717, 1.165) is 32.6 Å². The number of halogens is 2. The number of hydrogen-bond acceptors (Lipinski definition) is 5. The standard InChI is InChI=1S/C12H18Cl2N4O/c1-18(7-8-2-4-19-5-3-8)12-10(14)6-9(13)11(16-12)17-15/h6,8H,2-5,7,15H2,1H3,(H,16,17). The number of nitrogens with zero attached hydrogens (tertiary/aromatic N) is 2. The molecule has 1 saturated heterocycles. The molecule has 0 aliphatic carbocycles. The molecule has 1 aromatic rings. The lowest BCUT2D eigenvalue weighted by Gasteiger charge is -2.28. The van der Waals surface area contributed by atoms with Gasteiger partial charge in [-0.25, -0.2) is 10.8 Å². The third-order valence-corrected chi connectivity index (χ3v) is 3.85. The predicted octanol–water partition coefficient (Wildman–Crippen LogP) is 2.54. The first-order valence-electron chi connectivity index (χ1n) is 6.23. The van der Waals surface area contributed by atoms with Crippen molar-refractivity contribution in [3.05, 3.63) is 16.1 Å². The van der Waals surface area contributed by atoms with Gasteiger partial charge in [0.1, 0.15) is 5.82 Å². The lowest BCUT2D eigenvalue weighted by atomic mass is 10.00. The summed E-state index contributed by atoms with van der Waals surface area (Å²) >= 11 is 12.2. The zero-order valence-corrected chi connectivity index (χ0v) is 12.3. The highest BCUT2D eigenvalue weighted by Crippen LogP contribution is 2.31. The number of hydrogen-bond donors (Lipinski definition) is 2. The van der Waals surface area contributed by atoms with Crippen molar-refractivity contribution < 1.29 is 4.74 Å². The number of anilines is 2. The second-order valence-electron chi connectivity index (χ2n) is 4.70. The van der Waals surface area contributed by atoms with Crippen molar-refractivity contribution in [3.8, 4) is 0 Å². The van der Waals surface area contributed by atoms with Crippen LogP contribution in [0.3, 0.4) is 0 Å². The summed E-state index contributed by atoms with van der Waals surface area (Å²) in [6.45, 7) is 2.55. The largest absolute Gasteiger partial charge is 0.381 e. The van der Waals surface area contributed by atoms with E-state index in [1.54, 1.807) is 6.07 Å². The minimum atomic E-state index is 0.413. The molecule has 0 unspecified atom stereocenters. The van der Waals surface area contributed by atoms with E-state index in [1.807, 2.05) is 11.9 Å². The van der Waals surface area contributed by atoms with E-state index in [1.165, 1.54) is 0 Å². The molecule has 0 atom stereocenters. The average molecular weight is 305 g/mol. The Labute approximate surface area is 123 Å². The quantitative estimate of drug-likeness (QED) is 0.661. The SMILES string of the molecule is CN(CC1CCOCC1)c1nc(NN)c(Cl)cc1Cl. The summed E-state index contributed by atoms with van der Waals surface area (Å²) in [7, 11) is 1.97. The third kappa shape index (κ3) is 3.63. The Morgan fingerprint density at radius 3 is 2.74 bits per heavy atom. The van der Waals surface area contributed by atoms with Gasteiger partial charge in [-0.05, 0) is 24.8 Å². The van der Waals surface area contributed by atoms with Crippen LogP contribution in [0.15, 0.2) is 6.07 Å². The minimum Gasteiger partial charge on any atom is -0.381 e. The van der Waals surface area contributed by atoms with E-state index in [-0.39, 0.29) is 0 Å². The zero-order valence-electron chi connectivity index (χ0n) is 10.8. The third-order valence-electron chi connectivity index (χ3n) is 3.28. The minimum absolute atomic E-state index is 0.413. The fourth-order valence-corrected chi connectivity index (χ4v) is 2.79.